The quantitative estimate of drug-likeness (QED) is 0.453. The molecule has 4 N–H and O–H groups in total. The van der Waals surface area contributed by atoms with Gasteiger partial charge < -0.3 is 21.1 Å². The van der Waals surface area contributed by atoms with Crippen molar-refractivity contribution in [1.82, 2.24) is 16.0 Å². The minimum absolute atomic E-state index is 0.187. The van der Waals surface area contributed by atoms with Crippen molar-refractivity contribution in [2.75, 3.05) is 13.1 Å². The molecule has 8 nitrogen and oxygen atoms in total. The molecular formula is C17H21N3O5. The molecule has 1 unspecified atom stereocenters. The number of hydrogen-bond acceptors (Lipinski definition) is 4. The fraction of sp³-hybridized carbons (Fsp3) is 0.294. The number of carboxylic acid groups (broad SMARTS) is 1. The number of aliphatic carboxylic acids is 1. The third-order valence-electron chi connectivity index (χ3n) is 3.15. The largest absolute Gasteiger partial charge is 0.480 e. The normalized spacial score (nSPS) is 11.1. The van der Waals surface area contributed by atoms with Gasteiger partial charge in [-0.2, -0.15) is 0 Å². The van der Waals surface area contributed by atoms with Gasteiger partial charge in [0, 0.05) is 12.0 Å². The standard InChI is InChI=1S/C17H21N3O5/c1-11(2)16(24)18-9-14(21)20-13(17(25)19-10-15(22)23)8-12-6-4-3-5-7-12/h3-7,13H,1,8-10H2,2H3,(H,18,24)(H,19,25)(H,20,21)(H,22,23). The summed E-state index contributed by atoms with van der Waals surface area (Å²) in [7, 11) is 0. The summed E-state index contributed by atoms with van der Waals surface area (Å²) in [5.74, 6) is -2.84. The maximum absolute atomic E-state index is 12.1. The van der Waals surface area contributed by atoms with E-state index in [0.717, 1.165) is 5.56 Å². The summed E-state index contributed by atoms with van der Waals surface area (Å²) in [6.45, 7) is 4.09. The molecule has 0 saturated heterocycles. The Morgan fingerprint density at radius 3 is 2.28 bits per heavy atom. The Kier molecular flexibility index (Phi) is 7.85. The van der Waals surface area contributed by atoms with E-state index in [9.17, 15) is 19.2 Å². The Hall–Kier alpha value is -3.16. The van der Waals surface area contributed by atoms with Crippen LogP contribution in [0.3, 0.4) is 0 Å². The van der Waals surface area contributed by atoms with Gasteiger partial charge in [0.25, 0.3) is 0 Å². The Balaban J connectivity index is 2.70. The fourth-order valence-corrected chi connectivity index (χ4v) is 1.90. The van der Waals surface area contributed by atoms with Crippen molar-refractivity contribution in [3.8, 4) is 0 Å². The van der Waals surface area contributed by atoms with Crippen LogP contribution in [0.4, 0.5) is 0 Å². The van der Waals surface area contributed by atoms with E-state index in [2.05, 4.69) is 22.5 Å². The number of hydrogen-bond donors (Lipinski definition) is 4. The van der Waals surface area contributed by atoms with Crippen LogP contribution in [0.1, 0.15) is 12.5 Å². The van der Waals surface area contributed by atoms with Gasteiger partial charge in [-0.15, -0.1) is 0 Å². The average Bonchev–Trinajstić information content (AvgIpc) is 2.57. The van der Waals surface area contributed by atoms with Gasteiger partial charge in [0.15, 0.2) is 0 Å². The molecule has 0 fully saturated rings. The van der Waals surface area contributed by atoms with Crippen LogP contribution in [0.2, 0.25) is 0 Å². The molecule has 0 aliphatic carbocycles. The molecule has 1 aromatic carbocycles. The lowest BCUT2D eigenvalue weighted by atomic mass is 10.1. The second-order valence-electron chi connectivity index (χ2n) is 5.38. The molecule has 3 amide bonds. The van der Waals surface area contributed by atoms with Crippen LogP contribution in [0.15, 0.2) is 42.5 Å². The first-order valence-corrected chi connectivity index (χ1v) is 7.56. The van der Waals surface area contributed by atoms with Crippen LogP contribution in [-0.2, 0) is 25.6 Å². The van der Waals surface area contributed by atoms with Crippen molar-refractivity contribution < 1.29 is 24.3 Å². The van der Waals surface area contributed by atoms with E-state index in [1.807, 2.05) is 6.07 Å². The number of nitrogens with one attached hydrogen (secondary N) is 3. The highest BCUT2D eigenvalue weighted by Gasteiger charge is 2.21. The molecule has 0 aliphatic heterocycles. The summed E-state index contributed by atoms with van der Waals surface area (Å²) in [4.78, 5) is 46.1. The first kappa shape index (κ1) is 19.9. The highest BCUT2D eigenvalue weighted by atomic mass is 16.4. The van der Waals surface area contributed by atoms with E-state index in [1.165, 1.54) is 6.92 Å². The lowest BCUT2D eigenvalue weighted by Crippen LogP contribution is -2.51. The van der Waals surface area contributed by atoms with Crippen molar-refractivity contribution >= 4 is 23.7 Å². The van der Waals surface area contributed by atoms with Gasteiger partial charge in [-0.1, -0.05) is 36.9 Å². The minimum atomic E-state index is -1.19. The number of amides is 3. The van der Waals surface area contributed by atoms with Gasteiger partial charge in [-0.25, -0.2) is 0 Å². The van der Waals surface area contributed by atoms with Gasteiger partial charge in [0.1, 0.15) is 12.6 Å². The van der Waals surface area contributed by atoms with E-state index in [1.54, 1.807) is 24.3 Å². The van der Waals surface area contributed by atoms with Gasteiger partial charge in [-0.05, 0) is 12.5 Å². The summed E-state index contributed by atoms with van der Waals surface area (Å²) in [6, 6.07) is 8.00. The SMILES string of the molecule is C=C(C)C(=O)NCC(=O)NC(Cc1ccccc1)C(=O)NCC(=O)O. The zero-order valence-corrected chi connectivity index (χ0v) is 13.9. The lowest BCUT2D eigenvalue weighted by Gasteiger charge is -2.18. The molecule has 134 valence electrons. The van der Waals surface area contributed by atoms with Crippen LogP contribution in [0.25, 0.3) is 0 Å². The molecule has 0 bridgehead atoms. The summed E-state index contributed by atoms with van der Waals surface area (Å²) in [5.41, 5.74) is 1.05. The maximum Gasteiger partial charge on any atom is 0.322 e. The van der Waals surface area contributed by atoms with Crippen LogP contribution in [0, 0.1) is 0 Å². The Labute approximate surface area is 145 Å². The molecule has 1 rings (SSSR count). The molecule has 0 radical (unpaired) electrons. The van der Waals surface area contributed by atoms with Crippen molar-refractivity contribution in [1.29, 1.82) is 0 Å². The highest BCUT2D eigenvalue weighted by molar-refractivity contribution is 5.95. The molecule has 0 heterocycles. The van der Waals surface area contributed by atoms with Gasteiger partial charge in [0.05, 0.1) is 6.54 Å². The number of benzene rings is 1. The van der Waals surface area contributed by atoms with Crippen LogP contribution in [0.5, 0.6) is 0 Å². The van der Waals surface area contributed by atoms with Crippen molar-refractivity contribution in [2.24, 2.45) is 0 Å². The number of carbonyl (C=O) groups excluding carboxylic acids is 3. The zero-order valence-electron chi connectivity index (χ0n) is 13.9. The number of carboxylic acids is 1. The highest BCUT2D eigenvalue weighted by Crippen LogP contribution is 2.03. The molecule has 1 atom stereocenters. The molecule has 25 heavy (non-hydrogen) atoms. The molecule has 0 spiro atoms. The Bertz CT molecular complexity index is 658. The topological polar surface area (TPSA) is 125 Å². The Morgan fingerprint density at radius 1 is 1.08 bits per heavy atom. The van der Waals surface area contributed by atoms with Crippen LogP contribution in [-0.4, -0.2) is 47.9 Å². The molecule has 0 saturated carbocycles. The van der Waals surface area contributed by atoms with E-state index in [-0.39, 0.29) is 18.5 Å². The molecule has 1 aromatic rings. The molecular weight excluding hydrogens is 326 g/mol. The van der Waals surface area contributed by atoms with Crippen molar-refractivity contribution in [3.63, 3.8) is 0 Å². The molecule has 0 aliphatic rings. The second-order valence-corrected chi connectivity index (χ2v) is 5.38. The zero-order chi connectivity index (χ0) is 18.8. The molecule has 0 aromatic heterocycles. The average molecular weight is 347 g/mol. The van der Waals surface area contributed by atoms with E-state index < -0.39 is 36.3 Å². The summed E-state index contributed by atoms with van der Waals surface area (Å²) in [6.07, 6.45) is 0.187. The first-order chi connectivity index (χ1) is 11.8. The van der Waals surface area contributed by atoms with Gasteiger partial charge >= 0.3 is 5.97 Å². The first-order valence-electron chi connectivity index (χ1n) is 7.56. The third kappa shape index (κ3) is 7.78. The monoisotopic (exact) mass is 347 g/mol. The number of carbonyl (C=O) groups is 4. The van der Waals surface area contributed by atoms with Gasteiger partial charge in [0.2, 0.25) is 17.7 Å². The maximum atomic E-state index is 12.1. The fourth-order valence-electron chi connectivity index (χ4n) is 1.90. The second kappa shape index (κ2) is 9.86. The smallest absolute Gasteiger partial charge is 0.322 e. The summed E-state index contributed by atoms with van der Waals surface area (Å²) in [5, 5.41) is 15.8. The van der Waals surface area contributed by atoms with E-state index in [4.69, 9.17) is 5.11 Å². The predicted molar refractivity (Wildman–Crippen MR) is 90.5 cm³/mol. The third-order valence-corrected chi connectivity index (χ3v) is 3.15. The van der Waals surface area contributed by atoms with Crippen LogP contribution < -0.4 is 16.0 Å². The van der Waals surface area contributed by atoms with Crippen molar-refractivity contribution in [3.05, 3.63) is 48.0 Å². The van der Waals surface area contributed by atoms with Crippen LogP contribution >= 0.6 is 0 Å². The predicted octanol–water partition coefficient (Wildman–Crippen LogP) is -0.393. The van der Waals surface area contributed by atoms with E-state index in [0.29, 0.717) is 0 Å². The molecule has 8 heteroatoms. The van der Waals surface area contributed by atoms with Gasteiger partial charge in [-0.3, -0.25) is 19.2 Å². The lowest BCUT2D eigenvalue weighted by molar-refractivity contribution is -0.138. The minimum Gasteiger partial charge on any atom is -0.480 e. The summed E-state index contributed by atoms with van der Waals surface area (Å²) >= 11 is 0. The summed E-state index contributed by atoms with van der Waals surface area (Å²) < 4.78 is 0. The van der Waals surface area contributed by atoms with Crippen molar-refractivity contribution in [2.45, 2.75) is 19.4 Å². The Morgan fingerprint density at radius 2 is 1.72 bits per heavy atom. The van der Waals surface area contributed by atoms with E-state index >= 15 is 0 Å². The number of rotatable bonds is 9.